The fourth-order valence-corrected chi connectivity index (χ4v) is 3.37. The number of esters is 3. The molecule has 7 nitrogen and oxygen atoms in total. The van der Waals surface area contributed by atoms with Gasteiger partial charge in [-0.1, -0.05) is 45.9 Å². The molecule has 0 aromatic carbocycles. The van der Waals surface area contributed by atoms with Gasteiger partial charge < -0.3 is 14.2 Å². The van der Waals surface area contributed by atoms with Crippen LogP contribution in [0.25, 0.3) is 0 Å². The highest BCUT2D eigenvalue weighted by atomic mass is 16.6. The average molecular weight is 418 g/mol. The standard InChI is InChI=1S/C23H30O7/c1-12(2)21(25)29-19-16(11-24)9-7-8-14(5)10-17-18(15(6)23(27)28-17)20(19)30-22(26)13(3)4/h9-13,17-20H,6-8H2,1-5H3/b14-10+,16-9?/t17?,18-,19-,20-/m0/s1. The highest BCUT2D eigenvalue weighted by Crippen LogP contribution is 2.37. The number of allylic oxidation sites excluding steroid dienone is 2. The first-order chi connectivity index (χ1) is 14.1. The van der Waals surface area contributed by atoms with Gasteiger partial charge in [-0.15, -0.1) is 0 Å². The van der Waals surface area contributed by atoms with E-state index in [1.807, 2.05) is 6.92 Å². The molecule has 0 amide bonds. The van der Waals surface area contributed by atoms with E-state index in [1.54, 1.807) is 39.8 Å². The molecule has 4 atom stereocenters. The summed E-state index contributed by atoms with van der Waals surface area (Å²) in [7, 11) is 0. The Bertz CT molecular complexity index is 787. The Hall–Kier alpha value is -2.70. The van der Waals surface area contributed by atoms with Crippen molar-refractivity contribution in [3.63, 3.8) is 0 Å². The van der Waals surface area contributed by atoms with Crippen LogP contribution in [-0.2, 0) is 33.4 Å². The maximum absolute atomic E-state index is 12.5. The van der Waals surface area contributed by atoms with Crippen molar-refractivity contribution in [1.82, 2.24) is 0 Å². The molecule has 2 rings (SSSR count). The summed E-state index contributed by atoms with van der Waals surface area (Å²) in [6.45, 7) is 12.4. The SMILES string of the molecule is C=C1C(=O)OC2/C=C(\C)CCC=C(C=O)[C@H](OC(=O)C(C)C)[C@@H](OC(=O)C(C)C)[C@@H]12. The van der Waals surface area contributed by atoms with E-state index in [0.717, 1.165) is 5.57 Å². The van der Waals surface area contributed by atoms with E-state index >= 15 is 0 Å². The normalized spacial score (nSPS) is 28.8. The second-order valence-electron chi connectivity index (χ2n) is 8.36. The Morgan fingerprint density at radius 2 is 1.77 bits per heavy atom. The second kappa shape index (κ2) is 9.87. The Morgan fingerprint density at radius 1 is 1.17 bits per heavy atom. The highest BCUT2D eigenvalue weighted by molar-refractivity contribution is 5.91. The molecule has 7 heteroatoms. The molecule has 1 fully saturated rings. The van der Waals surface area contributed by atoms with Crippen molar-refractivity contribution >= 4 is 24.2 Å². The van der Waals surface area contributed by atoms with Gasteiger partial charge in [0.15, 0.2) is 12.2 Å². The van der Waals surface area contributed by atoms with Gasteiger partial charge in [0.1, 0.15) is 12.4 Å². The van der Waals surface area contributed by atoms with E-state index in [9.17, 15) is 19.2 Å². The highest BCUT2D eigenvalue weighted by Gasteiger charge is 2.49. The zero-order chi connectivity index (χ0) is 22.6. The largest absolute Gasteiger partial charge is 0.457 e. The molecule has 0 aromatic heterocycles. The summed E-state index contributed by atoms with van der Waals surface area (Å²) >= 11 is 0. The molecule has 1 aliphatic heterocycles. The summed E-state index contributed by atoms with van der Waals surface area (Å²) in [6, 6.07) is 0. The van der Waals surface area contributed by atoms with E-state index in [0.29, 0.717) is 19.1 Å². The predicted octanol–water partition coefficient (Wildman–Crippen LogP) is 3.09. The van der Waals surface area contributed by atoms with E-state index in [1.165, 1.54) is 0 Å². The van der Waals surface area contributed by atoms with Gasteiger partial charge >= 0.3 is 17.9 Å². The zero-order valence-corrected chi connectivity index (χ0v) is 18.2. The number of carbonyl (C=O) groups excluding carboxylic acids is 4. The third-order valence-corrected chi connectivity index (χ3v) is 5.18. The van der Waals surface area contributed by atoms with Crippen LogP contribution in [-0.4, -0.2) is 42.5 Å². The van der Waals surface area contributed by atoms with Crippen LogP contribution in [0.4, 0.5) is 0 Å². The average Bonchev–Trinajstić information content (AvgIpc) is 2.94. The molecule has 1 unspecified atom stereocenters. The lowest BCUT2D eigenvalue weighted by Gasteiger charge is -2.33. The van der Waals surface area contributed by atoms with Gasteiger partial charge in [-0.25, -0.2) is 4.79 Å². The van der Waals surface area contributed by atoms with Crippen LogP contribution in [0.15, 0.2) is 35.5 Å². The Kier molecular flexibility index (Phi) is 7.76. The fraction of sp³-hybridized carbons (Fsp3) is 0.565. The molecule has 2 aliphatic rings. The molecule has 164 valence electrons. The molecular formula is C23H30O7. The molecule has 1 aliphatic carbocycles. The molecule has 1 heterocycles. The van der Waals surface area contributed by atoms with Crippen LogP contribution >= 0.6 is 0 Å². The lowest BCUT2D eigenvalue weighted by atomic mass is 9.83. The third kappa shape index (κ3) is 5.26. The monoisotopic (exact) mass is 418 g/mol. The summed E-state index contributed by atoms with van der Waals surface area (Å²) in [5, 5.41) is 0. The lowest BCUT2D eigenvalue weighted by Crippen LogP contribution is -2.46. The third-order valence-electron chi connectivity index (χ3n) is 5.18. The fourth-order valence-electron chi connectivity index (χ4n) is 3.37. The maximum Gasteiger partial charge on any atom is 0.334 e. The van der Waals surface area contributed by atoms with Gasteiger partial charge in [-0.3, -0.25) is 14.4 Å². The quantitative estimate of drug-likeness (QED) is 0.223. The first-order valence-corrected chi connectivity index (χ1v) is 10.2. The smallest absolute Gasteiger partial charge is 0.334 e. The molecule has 0 saturated carbocycles. The molecule has 0 aromatic rings. The molecule has 0 radical (unpaired) electrons. The van der Waals surface area contributed by atoms with E-state index < -0.39 is 54.0 Å². The molecule has 1 saturated heterocycles. The van der Waals surface area contributed by atoms with E-state index in [2.05, 4.69) is 6.58 Å². The molecular weight excluding hydrogens is 388 g/mol. The number of carbonyl (C=O) groups is 4. The Balaban J connectivity index is 2.63. The van der Waals surface area contributed by atoms with Gasteiger partial charge in [0, 0.05) is 11.1 Å². The van der Waals surface area contributed by atoms with Crippen molar-refractivity contribution in [2.24, 2.45) is 17.8 Å². The number of fused-ring (bicyclic) bond motifs is 1. The van der Waals surface area contributed by atoms with Crippen molar-refractivity contribution < 1.29 is 33.4 Å². The Labute approximate surface area is 177 Å². The van der Waals surface area contributed by atoms with Crippen LogP contribution < -0.4 is 0 Å². The first-order valence-electron chi connectivity index (χ1n) is 10.2. The zero-order valence-electron chi connectivity index (χ0n) is 18.2. The van der Waals surface area contributed by atoms with Gasteiger partial charge in [-0.05, 0) is 25.8 Å². The summed E-state index contributed by atoms with van der Waals surface area (Å²) in [5.41, 5.74) is 1.26. The molecule has 0 bridgehead atoms. The van der Waals surface area contributed by atoms with Crippen LogP contribution in [0.1, 0.15) is 47.5 Å². The van der Waals surface area contributed by atoms with Crippen LogP contribution in [0.5, 0.6) is 0 Å². The van der Waals surface area contributed by atoms with Crippen molar-refractivity contribution in [2.45, 2.75) is 65.8 Å². The second-order valence-corrected chi connectivity index (χ2v) is 8.36. The van der Waals surface area contributed by atoms with Crippen LogP contribution in [0.3, 0.4) is 0 Å². The topological polar surface area (TPSA) is 96.0 Å². The summed E-state index contributed by atoms with van der Waals surface area (Å²) in [6.07, 6.45) is 2.19. The van der Waals surface area contributed by atoms with Gasteiger partial charge in [0.2, 0.25) is 0 Å². The predicted molar refractivity (Wildman–Crippen MR) is 109 cm³/mol. The van der Waals surface area contributed by atoms with E-state index in [4.69, 9.17) is 14.2 Å². The number of rotatable bonds is 5. The van der Waals surface area contributed by atoms with Crippen LogP contribution in [0.2, 0.25) is 0 Å². The summed E-state index contributed by atoms with van der Waals surface area (Å²) in [4.78, 5) is 49.2. The number of hydrogen-bond acceptors (Lipinski definition) is 7. The van der Waals surface area contributed by atoms with Crippen molar-refractivity contribution in [2.75, 3.05) is 0 Å². The van der Waals surface area contributed by atoms with Crippen molar-refractivity contribution in [3.8, 4) is 0 Å². The van der Waals surface area contributed by atoms with Crippen molar-refractivity contribution in [1.29, 1.82) is 0 Å². The van der Waals surface area contributed by atoms with Gasteiger partial charge in [0.25, 0.3) is 0 Å². The minimum atomic E-state index is -1.18. The van der Waals surface area contributed by atoms with Crippen LogP contribution in [0, 0.1) is 17.8 Å². The van der Waals surface area contributed by atoms with E-state index in [-0.39, 0.29) is 11.1 Å². The van der Waals surface area contributed by atoms with Gasteiger partial charge in [0.05, 0.1) is 17.8 Å². The molecule has 30 heavy (non-hydrogen) atoms. The maximum atomic E-state index is 12.5. The minimum absolute atomic E-state index is 0.113. The molecule has 0 N–H and O–H groups in total. The number of hydrogen-bond donors (Lipinski definition) is 0. The lowest BCUT2D eigenvalue weighted by molar-refractivity contribution is -0.174. The summed E-state index contributed by atoms with van der Waals surface area (Å²) < 4.78 is 16.9. The Morgan fingerprint density at radius 3 is 2.33 bits per heavy atom. The van der Waals surface area contributed by atoms with Gasteiger partial charge in [-0.2, -0.15) is 0 Å². The number of ether oxygens (including phenoxy) is 3. The first kappa shape index (κ1) is 23.6. The minimum Gasteiger partial charge on any atom is -0.457 e. The van der Waals surface area contributed by atoms with Crippen molar-refractivity contribution in [3.05, 3.63) is 35.5 Å². The number of aldehydes is 1. The summed E-state index contributed by atoms with van der Waals surface area (Å²) in [5.74, 6) is -3.41. The molecule has 0 spiro atoms.